The fraction of sp³-hybridized carbons (Fsp3) is 0.192. The molecule has 0 bridgehead atoms. The molecule has 7 nitrogen and oxygen atoms in total. The smallest absolute Gasteiger partial charge is 0.231 e. The number of phenols is 1. The molecule has 0 saturated heterocycles. The number of nitrogens with one attached hydrogen (secondary N) is 2. The Labute approximate surface area is 190 Å². The maximum atomic E-state index is 13.0. The molecule has 1 aliphatic heterocycles. The van der Waals surface area contributed by atoms with E-state index in [-0.39, 0.29) is 30.8 Å². The topological polar surface area (TPSA) is 92.8 Å². The highest BCUT2D eigenvalue weighted by atomic mass is 16.7. The number of carbonyl (C=O) groups is 1. The summed E-state index contributed by atoms with van der Waals surface area (Å²) in [5.74, 6) is 1.32. The number of hydrogen-bond acceptors (Lipinski definition) is 5. The first-order valence-electron chi connectivity index (χ1n) is 10.7. The van der Waals surface area contributed by atoms with E-state index in [1.807, 2.05) is 54.7 Å². The van der Waals surface area contributed by atoms with E-state index >= 15 is 0 Å². The number of benzene rings is 3. The Morgan fingerprint density at radius 1 is 1.12 bits per heavy atom. The normalized spacial score (nSPS) is 13.1. The van der Waals surface area contributed by atoms with Gasteiger partial charge in [0.05, 0.1) is 7.11 Å². The van der Waals surface area contributed by atoms with Crippen LogP contribution in [0.4, 0.5) is 0 Å². The van der Waals surface area contributed by atoms with E-state index in [9.17, 15) is 9.90 Å². The minimum atomic E-state index is -0.381. The fourth-order valence-corrected chi connectivity index (χ4v) is 4.23. The van der Waals surface area contributed by atoms with E-state index in [4.69, 9.17) is 14.2 Å². The predicted molar refractivity (Wildman–Crippen MR) is 124 cm³/mol. The van der Waals surface area contributed by atoms with Crippen LogP contribution >= 0.6 is 0 Å². The first-order valence-corrected chi connectivity index (χ1v) is 10.7. The van der Waals surface area contributed by atoms with Gasteiger partial charge in [-0.2, -0.15) is 0 Å². The summed E-state index contributed by atoms with van der Waals surface area (Å²) in [6.45, 7) is 0.521. The molecule has 1 amide bonds. The Kier molecular flexibility index (Phi) is 5.52. The number of amides is 1. The van der Waals surface area contributed by atoms with Gasteiger partial charge in [-0.05, 0) is 41.5 Å². The maximum Gasteiger partial charge on any atom is 0.231 e. The first-order chi connectivity index (χ1) is 16.1. The second-order valence-corrected chi connectivity index (χ2v) is 7.93. The van der Waals surface area contributed by atoms with Gasteiger partial charge in [-0.15, -0.1) is 0 Å². The van der Waals surface area contributed by atoms with Crippen molar-refractivity contribution in [2.45, 2.75) is 18.9 Å². The molecule has 0 fully saturated rings. The average molecular weight is 444 g/mol. The lowest BCUT2D eigenvalue weighted by Gasteiger charge is -2.20. The Balaban J connectivity index is 1.40. The van der Waals surface area contributed by atoms with Crippen LogP contribution in [0.2, 0.25) is 0 Å². The second-order valence-electron chi connectivity index (χ2n) is 7.93. The number of H-pyrrole nitrogens is 1. The second kappa shape index (κ2) is 8.78. The number of aromatic hydroxyl groups is 1. The summed E-state index contributed by atoms with van der Waals surface area (Å²) in [7, 11) is 1.61. The number of carbonyl (C=O) groups excluding carboxylic acids is 1. The number of rotatable bonds is 7. The molecular weight excluding hydrogens is 420 g/mol. The summed E-state index contributed by atoms with van der Waals surface area (Å²) >= 11 is 0. The number of fused-ring (bicyclic) bond motifs is 2. The Morgan fingerprint density at radius 3 is 2.70 bits per heavy atom. The van der Waals surface area contributed by atoms with E-state index < -0.39 is 0 Å². The first kappa shape index (κ1) is 20.8. The lowest BCUT2D eigenvalue weighted by Crippen LogP contribution is -2.25. The molecule has 1 atom stereocenters. The van der Waals surface area contributed by atoms with E-state index in [1.54, 1.807) is 19.2 Å². The molecule has 3 N–H and O–H groups in total. The van der Waals surface area contributed by atoms with Gasteiger partial charge in [0.25, 0.3) is 0 Å². The average Bonchev–Trinajstić information content (AvgIpc) is 3.50. The van der Waals surface area contributed by atoms with E-state index in [2.05, 4.69) is 10.3 Å². The summed E-state index contributed by atoms with van der Waals surface area (Å²) < 4.78 is 16.1. The zero-order valence-corrected chi connectivity index (χ0v) is 18.1. The number of ether oxygens (including phenoxy) is 3. The van der Waals surface area contributed by atoms with Gasteiger partial charge in [-0.3, -0.25) is 4.79 Å². The number of aromatic nitrogens is 1. The molecule has 7 heteroatoms. The maximum absolute atomic E-state index is 13.0. The van der Waals surface area contributed by atoms with E-state index in [0.717, 1.165) is 27.8 Å². The van der Waals surface area contributed by atoms with Crippen molar-refractivity contribution in [1.82, 2.24) is 10.3 Å². The van der Waals surface area contributed by atoms with Crippen LogP contribution in [0.25, 0.3) is 10.9 Å². The number of hydrogen-bond donors (Lipinski definition) is 3. The van der Waals surface area contributed by atoms with Crippen LogP contribution < -0.4 is 19.5 Å². The summed E-state index contributed by atoms with van der Waals surface area (Å²) in [4.78, 5) is 16.2. The highest BCUT2D eigenvalue weighted by Gasteiger charge is 2.25. The molecule has 0 saturated carbocycles. The quantitative estimate of drug-likeness (QED) is 0.392. The van der Waals surface area contributed by atoms with Gasteiger partial charge >= 0.3 is 0 Å². The van der Waals surface area contributed by atoms with Crippen molar-refractivity contribution in [2.24, 2.45) is 0 Å². The summed E-state index contributed by atoms with van der Waals surface area (Å²) in [6.07, 6.45) is 2.04. The summed E-state index contributed by atoms with van der Waals surface area (Å²) in [5.41, 5.74) is 3.55. The Bertz CT molecular complexity index is 1300. The molecule has 3 aromatic carbocycles. The molecular formula is C26H24N2O5. The monoisotopic (exact) mass is 444 g/mol. The third kappa shape index (κ3) is 4.17. The van der Waals surface area contributed by atoms with Crippen molar-refractivity contribution in [3.8, 4) is 23.0 Å². The van der Waals surface area contributed by atoms with Gasteiger partial charge in [0.15, 0.2) is 11.5 Å². The van der Waals surface area contributed by atoms with Crippen molar-refractivity contribution in [2.75, 3.05) is 13.9 Å². The molecule has 0 spiro atoms. The number of phenolic OH excluding ortho intramolecular Hbond substituents is 1. The fourth-order valence-electron chi connectivity index (χ4n) is 4.23. The van der Waals surface area contributed by atoms with E-state index in [1.165, 1.54) is 0 Å². The largest absolute Gasteiger partial charge is 0.508 e. The molecule has 2 heterocycles. The SMILES string of the molecule is COc1ccc([C@H](CC(=O)NCc2cccc3[nH]ccc23)c2cc3c(cc2O)OCO3)cc1. The summed E-state index contributed by atoms with van der Waals surface area (Å²) in [6, 6.07) is 18.8. The zero-order chi connectivity index (χ0) is 22.8. The van der Waals surface area contributed by atoms with Crippen molar-refractivity contribution in [1.29, 1.82) is 0 Å². The lowest BCUT2D eigenvalue weighted by molar-refractivity contribution is -0.121. The van der Waals surface area contributed by atoms with Crippen molar-refractivity contribution in [3.05, 3.63) is 83.6 Å². The van der Waals surface area contributed by atoms with Gasteiger partial charge in [-0.25, -0.2) is 0 Å². The molecule has 33 heavy (non-hydrogen) atoms. The molecule has 0 unspecified atom stereocenters. The Morgan fingerprint density at radius 2 is 1.91 bits per heavy atom. The van der Waals surface area contributed by atoms with E-state index in [0.29, 0.717) is 23.6 Å². The van der Waals surface area contributed by atoms with Crippen LogP contribution in [-0.4, -0.2) is 29.9 Å². The van der Waals surface area contributed by atoms with Gasteiger partial charge in [0.2, 0.25) is 12.7 Å². The third-order valence-electron chi connectivity index (χ3n) is 5.97. The van der Waals surface area contributed by atoms with Crippen molar-refractivity contribution in [3.63, 3.8) is 0 Å². The predicted octanol–water partition coefficient (Wildman–Crippen LogP) is 4.45. The van der Waals surface area contributed by atoms with Gasteiger partial charge in [0.1, 0.15) is 11.5 Å². The minimum absolute atomic E-state index is 0.0601. The molecule has 4 aromatic rings. The van der Waals surface area contributed by atoms with Crippen LogP contribution in [-0.2, 0) is 11.3 Å². The molecule has 1 aliphatic rings. The van der Waals surface area contributed by atoms with Crippen LogP contribution in [0.1, 0.15) is 29.0 Å². The van der Waals surface area contributed by atoms with Gasteiger partial charge in [-0.1, -0.05) is 24.3 Å². The lowest BCUT2D eigenvalue weighted by atomic mass is 9.87. The molecule has 168 valence electrons. The molecule has 0 radical (unpaired) electrons. The van der Waals surface area contributed by atoms with Gasteiger partial charge < -0.3 is 29.6 Å². The molecule has 0 aliphatic carbocycles. The molecule has 1 aromatic heterocycles. The number of methoxy groups -OCH3 is 1. The summed E-state index contributed by atoms with van der Waals surface area (Å²) in [5, 5.41) is 14.8. The minimum Gasteiger partial charge on any atom is -0.508 e. The van der Waals surface area contributed by atoms with Crippen LogP contribution in [0.5, 0.6) is 23.0 Å². The van der Waals surface area contributed by atoms with Gasteiger partial charge in [0, 0.05) is 47.6 Å². The van der Waals surface area contributed by atoms with Crippen molar-refractivity contribution < 1.29 is 24.1 Å². The standard InChI is InChI=1S/C26H24N2O5/c1-31-18-7-5-16(6-8-18)20(21-11-24-25(13-23(21)29)33-15-32-24)12-26(30)28-14-17-3-2-4-22-19(17)9-10-27-22/h2-11,13,20,27,29H,12,14-15H2,1H3,(H,28,30)/t20-/m0/s1. The van der Waals surface area contributed by atoms with Crippen LogP contribution in [0, 0.1) is 0 Å². The Hall–Kier alpha value is -4.13. The molecule has 5 rings (SSSR count). The third-order valence-corrected chi connectivity index (χ3v) is 5.97. The zero-order valence-electron chi connectivity index (χ0n) is 18.1. The highest BCUT2D eigenvalue weighted by molar-refractivity contribution is 5.84. The number of aromatic amines is 1. The van der Waals surface area contributed by atoms with Crippen LogP contribution in [0.3, 0.4) is 0 Å². The van der Waals surface area contributed by atoms with Crippen LogP contribution in [0.15, 0.2) is 66.9 Å². The highest BCUT2D eigenvalue weighted by Crippen LogP contribution is 2.43. The van der Waals surface area contributed by atoms with Crippen molar-refractivity contribution >= 4 is 16.8 Å².